The van der Waals surface area contributed by atoms with Gasteiger partial charge in [-0.25, -0.2) is 0 Å². The number of amides is 1. The summed E-state index contributed by atoms with van der Waals surface area (Å²) in [5.74, 6) is 1.61. The van der Waals surface area contributed by atoms with Crippen molar-refractivity contribution in [3.05, 3.63) is 0 Å². The lowest BCUT2D eigenvalue weighted by Gasteiger charge is -2.37. The fourth-order valence-electron chi connectivity index (χ4n) is 3.28. The third-order valence-electron chi connectivity index (χ3n) is 4.05. The van der Waals surface area contributed by atoms with Crippen molar-refractivity contribution in [3.63, 3.8) is 0 Å². The monoisotopic (exact) mass is 167 g/mol. The molecule has 2 rings (SSSR count). The molecule has 2 bridgehead atoms. The van der Waals surface area contributed by atoms with Crippen molar-refractivity contribution in [2.75, 3.05) is 0 Å². The lowest BCUT2D eigenvalue weighted by Crippen LogP contribution is -2.45. The number of carbonyl (C=O) groups is 1. The van der Waals surface area contributed by atoms with E-state index in [1.807, 2.05) is 0 Å². The normalized spacial score (nSPS) is 43.0. The SMILES string of the molecule is CC1(C)C2CCC(C2)C1NC=O. The van der Waals surface area contributed by atoms with Gasteiger partial charge < -0.3 is 5.32 Å². The van der Waals surface area contributed by atoms with Gasteiger partial charge in [0.1, 0.15) is 0 Å². The van der Waals surface area contributed by atoms with Gasteiger partial charge in [0.15, 0.2) is 0 Å². The van der Waals surface area contributed by atoms with Crippen LogP contribution in [0.2, 0.25) is 0 Å². The molecular formula is C10H17NO. The first kappa shape index (κ1) is 8.09. The minimum absolute atomic E-state index is 0.337. The maximum Gasteiger partial charge on any atom is 0.207 e. The predicted octanol–water partition coefficient (Wildman–Crippen LogP) is 1.56. The van der Waals surface area contributed by atoms with Gasteiger partial charge in [0.05, 0.1) is 0 Å². The van der Waals surface area contributed by atoms with Crippen LogP contribution in [-0.4, -0.2) is 12.5 Å². The molecule has 1 N–H and O–H groups in total. The first-order chi connectivity index (χ1) is 5.66. The topological polar surface area (TPSA) is 29.1 Å². The Labute approximate surface area is 73.7 Å². The van der Waals surface area contributed by atoms with E-state index < -0.39 is 0 Å². The van der Waals surface area contributed by atoms with E-state index in [2.05, 4.69) is 19.2 Å². The number of hydrogen-bond acceptors (Lipinski definition) is 1. The van der Waals surface area contributed by atoms with Gasteiger partial charge in [0, 0.05) is 6.04 Å². The number of fused-ring (bicyclic) bond motifs is 2. The van der Waals surface area contributed by atoms with Gasteiger partial charge in [-0.05, 0) is 36.5 Å². The summed E-state index contributed by atoms with van der Waals surface area (Å²) >= 11 is 0. The molecule has 68 valence electrons. The molecule has 2 saturated carbocycles. The van der Waals surface area contributed by atoms with Crippen LogP contribution < -0.4 is 5.32 Å². The summed E-state index contributed by atoms with van der Waals surface area (Å²) in [7, 11) is 0. The highest BCUT2D eigenvalue weighted by molar-refractivity contribution is 5.47. The number of nitrogens with one attached hydrogen (secondary N) is 1. The highest BCUT2D eigenvalue weighted by atomic mass is 16.1. The molecule has 3 atom stereocenters. The number of hydrogen-bond donors (Lipinski definition) is 1. The molecule has 3 unspecified atom stereocenters. The molecule has 0 aromatic heterocycles. The zero-order valence-corrected chi connectivity index (χ0v) is 7.84. The smallest absolute Gasteiger partial charge is 0.207 e. The Balaban J connectivity index is 2.17. The van der Waals surface area contributed by atoms with Crippen molar-refractivity contribution in [1.29, 1.82) is 0 Å². The van der Waals surface area contributed by atoms with Crippen LogP contribution in [0.5, 0.6) is 0 Å². The highest BCUT2D eigenvalue weighted by Gasteiger charge is 2.52. The molecule has 0 heterocycles. The van der Waals surface area contributed by atoms with Crippen LogP contribution in [0.15, 0.2) is 0 Å². The van der Waals surface area contributed by atoms with Crippen molar-refractivity contribution < 1.29 is 4.79 Å². The Kier molecular flexibility index (Phi) is 1.67. The molecule has 1 amide bonds. The van der Waals surface area contributed by atoms with Crippen LogP contribution in [0.4, 0.5) is 0 Å². The Hall–Kier alpha value is -0.530. The third kappa shape index (κ3) is 0.900. The van der Waals surface area contributed by atoms with E-state index in [1.165, 1.54) is 19.3 Å². The standard InChI is InChI=1S/C10H17NO/c1-10(2)8-4-3-7(5-8)9(10)11-6-12/h6-9H,3-5H2,1-2H3,(H,11,12). The fraction of sp³-hybridized carbons (Fsp3) is 0.900. The molecular weight excluding hydrogens is 150 g/mol. The van der Waals surface area contributed by atoms with Crippen molar-refractivity contribution in [1.82, 2.24) is 5.32 Å². The zero-order chi connectivity index (χ0) is 8.77. The first-order valence-electron chi connectivity index (χ1n) is 4.86. The van der Waals surface area contributed by atoms with E-state index in [0.29, 0.717) is 11.5 Å². The molecule has 2 aliphatic rings. The van der Waals surface area contributed by atoms with Crippen molar-refractivity contribution >= 4 is 6.41 Å². The highest BCUT2D eigenvalue weighted by Crippen LogP contribution is 2.55. The largest absolute Gasteiger partial charge is 0.355 e. The summed E-state index contributed by atoms with van der Waals surface area (Å²) < 4.78 is 0. The Morgan fingerprint density at radius 1 is 1.42 bits per heavy atom. The molecule has 2 heteroatoms. The van der Waals surface area contributed by atoms with Crippen molar-refractivity contribution in [2.24, 2.45) is 17.3 Å². The van der Waals surface area contributed by atoms with E-state index in [9.17, 15) is 4.79 Å². The lowest BCUT2D eigenvalue weighted by molar-refractivity contribution is -0.111. The molecule has 0 radical (unpaired) electrons. The maximum absolute atomic E-state index is 10.4. The predicted molar refractivity (Wildman–Crippen MR) is 47.6 cm³/mol. The van der Waals surface area contributed by atoms with Crippen LogP contribution in [0.1, 0.15) is 33.1 Å². The summed E-state index contributed by atoms with van der Waals surface area (Å²) in [6.07, 6.45) is 4.89. The summed E-state index contributed by atoms with van der Waals surface area (Å²) in [4.78, 5) is 10.4. The van der Waals surface area contributed by atoms with Gasteiger partial charge in [-0.15, -0.1) is 0 Å². The van der Waals surface area contributed by atoms with Crippen LogP contribution in [0, 0.1) is 17.3 Å². The minimum Gasteiger partial charge on any atom is -0.355 e. The van der Waals surface area contributed by atoms with E-state index in [-0.39, 0.29) is 0 Å². The van der Waals surface area contributed by atoms with E-state index in [0.717, 1.165) is 18.2 Å². The quantitative estimate of drug-likeness (QED) is 0.621. The van der Waals surface area contributed by atoms with Crippen LogP contribution in [-0.2, 0) is 4.79 Å². The average molecular weight is 167 g/mol. The van der Waals surface area contributed by atoms with Gasteiger partial charge in [0.2, 0.25) is 6.41 Å². The summed E-state index contributed by atoms with van der Waals surface area (Å²) in [5, 5.41) is 2.99. The Morgan fingerprint density at radius 3 is 2.67 bits per heavy atom. The van der Waals surface area contributed by atoms with Gasteiger partial charge in [0.25, 0.3) is 0 Å². The molecule has 0 aromatic rings. The molecule has 0 aliphatic heterocycles. The van der Waals surface area contributed by atoms with E-state index in [4.69, 9.17) is 0 Å². The molecule has 2 aliphatic carbocycles. The molecule has 0 spiro atoms. The van der Waals surface area contributed by atoms with Crippen LogP contribution >= 0.6 is 0 Å². The van der Waals surface area contributed by atoms with Gasteiger partial charge >= 0.3 is 0 Å². The lowest BCUT2D eigenvalue weighted by atomic mass is 9.73. The summed E-state index contributed by atoms with van der Waals surface area (Å²) in [6.45, 7) is 4.58. The number of carbonyl (C=O) groups excluding carboxylic acids is 1. The molecule has 2 nitrogen and oxygen atoms in total. The fourth-order valence-corrected chi connectivity index (χ4v) is 3.28. The van der Waals surface area contributed by atoms with Crippen molar-refractivity contribution in [3.8, 4) is 0 Å². The molecule has 0 aromatic carbocycles. The minimum atomic E-state index is 0.337. The third-order valence-corrected chi connectivity index (χ3v) is 4.05. The van der Waals surface area contributed by atoms with E-state index in [1.54, 1.807) is 0 Å². The van der Waals surface area contributed by atoms with Gasteiger partial charge in [-0.3, -0.25) is 4.79 Å². The average Bonchev–Trinajstić information content (AvgIpc) is 2.53. The molecule has 0 saturated heterocycles. The Morgan fingerprint density at radius 2 is 2.17 bits per heavy atom. The van der Waals surface area contributed by atoms with Gasteiger partial charge in [-0.1, -0.05) is 13.8 Å². The summed E-state index contributed by atoms with van der Waals surface area (Å²) in [6, 6.07) is 0.439. The second-order valence-electron chi connectivity index (χ2n) is 4.85. The first-order valence-corrected chi connectivity index (χ1v) is 4.86. The van der Waals surface area contributed by atoms with E-state index >= 15 is 0 Å². The van der Waals surface area contributed by atoms with Crippen LogP contribution in [0.25, 0.3) is 0 Å². The Bertz CT molecular complexity index is 200. The van der Waals surface area contributed by atoms with Crippen molar-refractivity contribution in [2.45, 2.75) is 39.2 Å². The van der Waals surface area contributed by atoms with Crippen LogP contribution in [0.3, 0.4) is 0 Å². The summed E-state index contributed by atoms with van der Waals surface area (Å²) in [5.41, 5.74) is 0.337. The molecule has 2 fully saturated rings. The second kappa shape index (κ2) is 2.48. The second-order valence-corrected chi connectivity index (χ2v) is 4.85. The van der Waals surface area contributed by atoms with Gasteiger partial charge in [-0.2, -0.15) is 0 Å². The molecule has 12 heavy (non-hydrogen) atoms. The zero-order valence-electron chi connectivity index (χ0n) is 7.84. The number of rotatable bonds is 2. The maximum atomic E-state index is 10.4.